The lowest BCUT2D eigenvalue weighted by Gasteiger charge is -2.06. The van der Waals surface area contributed by atoms with Crippen LogP contribution in [-0.4, -0.2) is 18.1 Å². The van der Waals surface area contributed by atoms with E-state index >= 15 is 0 Å². The first-order valence-corrected chi connectivity index (χ1v) is 4.41. The van der Waals surface area contributed by atoms with Crippen LogP contribution in [0, 0.1) is 6.92 Å². The molecule has 14 heavy (non-hydrogen) atoms. The smallest absolute Gasteiger partial charge is 0.343 e. The Balaban J connectivity index is 3.40. The molecule has 1 N–H and O–H groups in total. The summed E-state index contributed by atoms with van der Waals surface area (Å²) in [7, 11) is 1.26. The third kappa shape index (κ3) is 1.84. The Labute approximate surface area is 81.9 Å². The summed E-state index contributed by atoms with van der Waals surface area (Å²) in [5, 5.41) is 0. The zero-order chi connectivity index (χ0) is 10.7. The Morgan fingerprint density at radius 3 is 2.71 bits per heavy atom. The molecule has 0 aromatic carbocycles. The van der Waals surface area contributed by atoms with Crippen LogP contribution in [0.4, 0.5) is 0 Å². The van der Waals surface area contributed by atoms with Gasteiger partial charge in [0.1, 0.15) is 5.56 Å². The van der Waals surface area contributed by atoms with Gasteiger partial charge in [-0.15, -0.1) is 0 Å². The minimum atomic E-state index is -0.580. The molecule has 0 aliphatic heterocycles. The number of hydrogen-bond donors (Lipinski definition) is 1. The second kappa shape index (κ2) is 4.09. The summed E-state index contributed by atoms with van der Waals surface area (Å²) in [5.74, 6) is -0.580. The van der Waals surface area contributed by atoms with E-state index in [-0.39, 0.29) is 11.0 Å². The topological polar surface area (TPSA) is 59.2 Å². The van der Waals surface area contributed by atoms with E-state index in [4.69, 9.17) is 0 Å². The van der Waals surface area contributed by atoms with Gasteiger partial charge in [0.2, 0.25) is 0 Å². The maximum Gasteiger partial charge on any atom is 0.343 e. The van der Waals surface area contributed by atoms with E-state index in [1.54, 1.807) is 6.92 Å². The second-order valence-corrected chi connectivity index (χ2v) is 3.02. The van der Waals surface area contributed by atoms with Gasteiger partial charge in [-0.1, -0.05) is 6.92 Å². The van der Waals surface area contributed by atoms with Crippen LogP contribution in [0.5, 0.6) is 0 Å². The molecule has 0 bridgehead atoms. The molecule has 0 spiro atoms. The Morgan fingerprint density at radius 1 is 1.57 bits per heavy atom. The van der Waals surface area contributed by atoms with E-state index in [1.807, 2.05) is 6.92 Å². The minimum Gasteiger partial charge on any atom is -0.465 e. The summed E-state index contributed by atoms with van der Waals surface area (Å²) >= 11 is 0. The number of esters is 1. The highest BCUT2D eigenvalue weighted by atomic mass is 16.5. The first-order chi connectivity index (χ1) is 6.60. The highest BCUT2D eigenvalue weighted by Gasteiger charge is 2.15. The van der Waals surface area contributed by atoms with Gasteiger partial charge in [-0.2, -0.15) is 0 Å². The van der Waals surface area contributed by atoms with Crippen molar-refractivity contribution < 1.29 is 9.53 Å². The van der Waals surface area contributed by atoms with Gasteiger partial charge >= 0.3 is 5.97 Å². The summed E-state index contributed by atoms with van der Waals surface area (Å²) in [6.45, 7) is 3.65. The van der Waals surface area contributed by atoms with Crippen LogP contribution in [-0.2, 0) is 11.2 Å². The van der Waals surface area contributed by atoms with E-state index in [1.165, 1.54) is 13.2 Å². The van der Waals surface area contributed by atoms with E-state index in [9.17, 15) is 9.59 Å². The number of pyridine rings is 1. The number of ether oxygens (including phenoxy) is 1. The molecule has 1 heterocycles. The molecule has 1 aromatic rings. The zero-order valence-electron chi connectivity index (χ0n) is 8.51. The molecule has 76 valence electrons. The number of aromatic nitrogens is 1. The number of carbonyl (C=O) groups excluding carboxylic acids is 1. The quantitative estimate of drug-likeness (QED) is 0.717. The van der Waals surface area contributed by atoms with Crippen molar-refractivity contribution in [3.63, 3.8) is 0 Å². The van der Waals surface area contributed by atoms with Crippen LogP contribution >= 0.6 is 0 Å². The number of hydrogen-bond acceptors (Lipinski definition) is 3. The van der Waals surface area contributed by atoms with Gasteiger partial charge in [0, 0.05) is 17.5 Å². The number of nitrogens with one attached hydrogen (secondary N) is 1. The van der Waals surface area contributed by atoms with Crippen molar-refractivity contribution in [3.05, 3.63) is 33.2 Å². The summed E-state index contributed by atoms with van der Waals surface area (Å²) in [6.07, 6.45) is 0.599. The van der Waals surface area contributed by atoms with Crippen LogP contribution in [0.25, 0.3) is 0 Å². The van der Waals surface area contributed by atoms with Crippen molar-refractivity contribution >= 4 is 5.97 Å². The number of H-pyrrole nitrogens is 1. The fourth-order valence-corrected chi connectivity index (χ4v) is 1.35. The molecular weight excluding hydrogens is 182 g/mol. The van der Waals surface area contributed by atoms with Gasteiger partial charge in [0.15, 0.2) is 5.43 Å². The third-order valence-corrected chi connectivity index (χ3v) is 1.99. The third-order valence-electron chi connectivity index (χ3n) is 1.99. The number of aryl methyl sites for hydroxylation is 2. The summed E-state index contributed by atoms with van der Waals surface area (Å²) in [6, 6.07) is 1.39. The van der Waals surface area contributed by atoms with Crippen molar-refractivity contribution in [3.8, 4) is 0 Å². The van der Waals surface area contributed by atoms with Gasteiger partial charge in [-0.05, 0) is 13.3 Å². The van der Waals surface area contributed by atoms with E-state index < -0.39 is 5.97 Å². The van der Waals surface area contributed by atoms with Gasteiger partial charge in [-0.3, -0.25) is 4.79 Å². The Kier molecular flexibility index (Phi) is 3.06. The van der Waals surface area contributed by atoms with E-state index in [0.29, 0.717) is 12.1 Å². The van der Waals surface area contributed by atoms with Gasteiger partial charge in [0.05, 0.1) is 7.11 Å². The lowest BCUT2D eigenvalue weighted by molar-refractivity contribution is 0.0597. The zero-order valence-corrected chi connectivity index (χ0v) is 8.51. The Morgan fingerprint density at radius 2 is 2.21 bits per heavy atom. The van der Waals surface area contributed by atoms with E-state index in [0.717, 1.165) is 5.69 Å². The van der Waals surface area contributed by atoms with E-state index in [2.05, 4.69) is 9.72 Å². The minimum absolute atomic E-state index is 0.112. The van der Waals surface area contributed by atoms with Crippen molar-refractivity contribution in [1.82, 2.24) is 4.98 Å². The largest absolute Gasteiger partial charge is 0.465 e. The molecule has 4 nitrogen and oxygen atoms in total. The van der Waals surface area contributed by atoms with Gasteiger partial charge in [0.25, 0.3) is 0 Å². The molecule has 1 rings (SSSR count). The molecule has 0 aliphatic carbocycles. The number of methoxy groups -OCH3 is 1. The van der Waals surface area contributed by atoms with Crippen LogP contribution < -0.4 is 5.43 Å². The fraction of sp³-hybridized carbons (Fsp3) is 0.400. The van der Waals surface area contributed by atoms with Crippen LogP contribution in [0.2, 0.25) is 0 Å². The predicted molar refractivity (Wildman–Crippen MR) is 52.5 cm³/mol. The lowest BCUT2D eigenvalue weighted by Crippen LogP contribution is -2.20. The highest BCUT2D eigenvalue weighted by molar-refractivity contribution is 5.90. The SMILES string of the molecule is CCc1[nH]c(C)cc(=O)c1C(=O)OC. The molecule has 0 atom stereocenters. The van der Waals surface area contributed by atoms with Crippen molar-refractivity contribution in [2.75, 3.05) is 7.11 Å². The summed E-state index contributed by atoms with van der Waals surface area (Å²) in [4.78, 5) is 25.8. The van der Waals surface area contributed by atoms with Gasteiger partial charge in [-0.25, -0.2) is 4.79 Å². The number of aromatic amines is 1. The molecule has 4 heteroatoms. The highest BCUT2D eigenvalue weighted by Crippen LogP contribution is 2.04. The first kappa shape index (κ1) is 10.5. The average Bonchev–Trinajstić information content (AvgIpc) is 2.15. The Hall–Kier alpha value is -1.58. The molecule has 1 aromatic heterocycles. The van der Waals surface area contributed by atoms with Crippen molar-refractivity contribution in [2.24, 2.45) is 0 Å². The molecule has 0 aliphatic rings. The fourth-order valence-electron chi connectivity index (χ4n) is 1.35. The average molecular weight is 195 g/mol. The van der Waals surface area contributed by atoms with Crippen LogP contribution in [0.15, 0.2) is 10.9 Å². The first-order valence-electron chi connectivity index (χ1n) is 4.41. The van der Waals surface area contributed by atoms with Crippen molar-refractivity contribution in [1.29, 1.82) is 0 Å². The predicted octanol–water partition coefficient (Wildman–Crippen LogP) is 1.03. The van der Waals surface area contributed by atoms with Gasteiger partial charge < -0.3 is 9.72 Å². The molecule has 0 amide bonds. The lowest BCUT2D eigenvalue weighted by atomic mass is 10.1. The summed E-state index contributed by atoms with van der Waals surface area (Å²) in [5.41, 5.74) is 1.20. The maximum atomic E-state index is 11.5. The van der Waals surface area contributed by atoms with Crippen LogP contribution in [0.1, 0.15) is 28.7 Å². The monoisotopic (exact) mass is 195 g/mol. The summed E-state index contributed by atoms with van der Waals surface area (Å²) < 4.78 is 4.54. The molecule has 0 saturated heterocycles. The number of carbonyl (C=O) groups is 1. The molecule has 0 saturated carbocycles. The molecule has 0 unspecified atom stereocenters. The Bertz CT molecular complexity index is 406. The molecule has 0 fully saturated rings. The molecular formula is C10H13NO3. The second-order valence-electron chi connectivity index (χ2n) is 3.02. The number of rotatable bonds is 2. The standard InChI is InChI=1S/C10H13NO3/c1-4-7-9(10(13)14-3)8(12)5-6(2)11-7/h5H,4H2,1-3H3,(H,11,12). The maximum absolute atomic E-state index is 11.5. The van der Waals surface area contributed by atoms with Crippen molar-refractivity contribution in [2.45, 2.75) is 20.3 Å². The normalized spacial score (nSPS) is 9.93. The molecule has 0 radical (unpaired) electrons. The van der Waals surface area contributed by atoms with Crippen LogP contribution in [0.3, 0.4) is 0 Å².